The van der Waals surface area contributed by atoms with Crippen molar-refractivity contribution in [1.82, 2.24) is 9.55 Å². The molecule has 0 radical (unpaired) electrons. The van der Waals surface area contributed by atoms with Crippen LogP contribution in [-0.2, 0) is 10.3 Å². The van der Waals surface area contributed by atoms with Crippen LogP contribution in [0.2, 0.25) is 0 Å². The predicted octanol–water partition coefficient (Wildman–Crippen LogP) is 8.70. The van der Waals surface area contributed by atoms with Crippen LogP contribution in [0.15, 0.2) is 122 Å². The van der Waals surface area contributed by atoms with Gasteiger partial charge in [0, 0.05) is 17.7 Å². The second-order valence-electron chi connectivity index (χ2n) is 11.1. The van der Waals surface area contributed by atoms with Crippen molar-refractivity contribution in [1.29, 1.82) is 0 Å². The highest BCUT2D eigenvalue weighted by molar-refractivity contribution is 5.96. The number of ether oxygens (including phenoxy) is 1. The average molecular weight is 571 g/mol. The molecule has 5 aromatic rings. The fraction of sp³-hybridized carbons (Fsp3) is 0.211. The molecule has 0 atom stereocenters. The Morgan fingerprint density at radius 3 is 1.93 bits per heavy atom. The molecule has 0 saturated heterocycles. The SMILES string of the molecule is COc1ccc(F)c(/C=C/C(=O)C2CCCCC2)c1-c1cn(C(c2ccccc2)(c2ccccc2)c2ccccc2)cn1. The molecular formula is C38H35FN2O2. The van der Waals surface area contributed by atoms with Crippen LogP contribution in [0, 0.1) is 11.7 Å². The fourth-order valence-electron chi connectivity index (χ4n) is 6.48. The number of nitrogens with zero attached hydrogens (tertiary/aromatic N) is 2. The summed E-state index contributed by atoms with van der Waals surface area (Å²) in [6.45, 7) is 0. The molecule has 6 rings (SSSR count). The third-order valence-corrected chi connectivity index (χ3v) is 8.60. The molecule has 0 unspecified atom stereocenters. The third-order valence-electron chi connectivity index (χ3n) is 8.60. The first-order chi connectivity index (χ1) is 21.1. The maximum absolute atomic E-state index is 15.5. The van der Waals surface area contributed by atoms with Crippen LogP contribution in [-0.4, -0.2) is 22.4 Å². The van der Waals surface area contributed by atoms with Gasteiger partial charge >= 0.3 is 0 Å². The molecule has 0 aliphatic heterocycles. The van der Waals surface area contributed by atoms with Gasteiger partial charge in [-0.3, -0.25) is 4.79 Å². The summed E-state index contributed by atoms with van der Waals surface area (Å²) in [4.78, 5) is 17.9. The molecule has 0 amide bonds. The van der Waals surface area contributed by atoms with Crippen molar-refractivity contribution in [2.45, 2.75) is 37.6 Å². The van der Waals surface area contributed by atoms with Gasteiger partial charge in [-0.15, -0.1) is 0 Å². The summed E-state index contributed by atoms with van der Waals surface area (Å²) in [5.74, 6) is 0.110. The van der Waals surface area contributed by atoms with E-state index in [9.17, 15) is 4.79 Å². The van der Waals surface area contributed by atoms with Gasteiger partial charge in [-0.25, -0.2) is 9.37 Å². The van der Waals surface area contributed by atoms with Gasteiger partial charge in [0.05, 0.1) is 24.7 Å². The summed E-state index contributed by atoms with van der Waals surface area (Å²) < 4.78 is 23.4. The number of allylic oxidation sites excluding steroid dienone is 1. The van der Waals surface area contributed by atoms with Gasteiger partial charge in [0.15, 0.2) is 5.78 Å². The van der Waals surface area contributed by atoms with E-state index in [0.717, 1.165) is 42.4 Å². The Labute approximate surface area is 252 Å². The van der Waals surface area contributed by atoms with E-state index in [0.29, 0.717) is 22.6 Å². The number of ketones is 1. The second kappa shape index (κ2) is 12.6. The molecule has 4 nitrogen and oxygen atoms in total. The smallest absolute Gasteiger partial charge is 0.158 e. The fourth-order valence-corrected chi connectivity index (χ4v) is 6.48. The molecule has 1 fully saturated rings. The van der Waals surface area contributed by atoms with Crippen LogP contribution in [0.1, 0.15) is 54.4 Å². The van der Waals surface area contributed by atoms with E-state index >= 15 is 4.39 Å². The van der Waals surface area contributed by atoms with Gasteiger partial charge in [0.1, 0.15) is 17.1 Å². The topological polar surface area (TPSA) is 44.1 Å². The Morgan fingerprint density at radius 1 is 0.837 bits per heavy atom. The minimum Gasteiger partial charge on any atom is -0.496 e. The third kappa shape index (κ3) is 5.43. The Bertz CT molecular complexity index is 1610. The minimum atomic E-state index is -0.761. The van der Waals surface area contributed by atoms with E-state index in [1.54, 1.807) is 25.6 Å². The zero-order valence-corrected chi connectivity index (χ0v) is 24.3. The molecule has 0 N–H and O–H groups in total. The van der Waals surface area contributed by atoms with Crippen molar-refractivity contribution in [3.05, 3.63) is 150 Å². The number of aromatic nitrogens is 2. The first-order valence-corrected chi connectivity index (χ1v) is 14.9. The summed E-state index contributed by atoms with van der Waals surface area (Å²) in [5, 5.41) is 0. The lowest BCUT2D eigenvalue weighted by atomic mass is 9.76. The number of hydrogen-bond donors (Lipinski definition) is 0. The number of carbonyl (C=O) groups excluding carboxylic acids is 1. The highest BCUT2D eigenvalue weighted by atomic mass is 19.1. The minimum absolute atomic E-state index is 0.00422. The molecule has 1 aromatic heterocycles. The molecule has 1 heterocycles. The van der Waals surface area contributed by atoms with Crippen LogP contribution < -0.4 is 4.74 Å². The number of hydrogen-bond acceptors (Lipinski definition) is 3. The van der Waals surface area contributed by atoms with Crippen molar-refractivity contribution in [2.24, 2.45) is 5.92 Å². The van der Waals surface area contributed by atoms with Crippen molar-refractivity contribution in [3.8, 4) is 17.0 Å². The van der Waals surface area contributed by atoms with Crippen molar-refractivity contribution in [3.63, 3.8) is 0 Å². The van der Waals surface area contributed by atoms with Crippen LogP contribution in [0.25, 0.3) is 17.3 Å². The summed E-state index contributed by atoms with van der Waals surface area (Å²) in [6.07, 6.45) is 12.0. The molecular weight excluding hydrogens is 535 g/mol. The number of benzene rings is 4. The quantitative estimate of drug-likeness (QED) is 0.132. The maximum Gasteiger partial charge on any atom is 0.158 e. The number of methoxy groups -OCH3 is 1. The van der Waals surface area contributed by atoms with Crippen LogP contribution >= 0.6 is 0 Å². The lowest BCUT2D eigenvalue weighted by Gasteiger charge is -2.37. The predicted molar refractivity (Wildman–Crippen MR) is 169 cm³/mol. The monoisotopic (exact) mass is 570 g/mol. The van der Waals surface area contributed by atoms with E-state index in [4.69, 9.17) is 9.72 Å². The Hall–Kier alpha value is -4.77. The standard InChI is InChI=1S/C38H35FN2O2/c1-43-36-25-23-33(39)32(22-24-35(42)28-14-6-2-7-15-28)37(36)34-26-41(27-40-34)38(29-16-8-3-9-17-29,30-18-10-4-11-19-30)31-20-12-5-13-21-31/h3-5,8-13,16-28H,2,6-7,14-15H2,1H3/b24-22+. The van der Waals surface area contributed by atoms with E-state index in [1.807, 2.05) is 60.8 Å². The van der Waals surface area contributed by atoms with Gasteiger partial charge < -0.3 is 9.30 Å². The first-order valence-electron chi connectivity index (χ1n) is 14.9. The van der Waals surface area contributed by atoms with Crippen molar-refractivity contribution < 1.29 is 13.9 Å². The average Bonchev–Trinajstić information content (AvgIpc) is 3.56. The molecule has 216 valence electrons. The highest BCUT2D eigenvalue weighted by Gasteiger charge is 2.38. The Kier molecular flexibility index (Phi) is 8.32. The Balaban J connectivity index is 1.53. The number of imidazole rings is 1. The summed E-state index contributed by atoms with van der Waals surface area (Å²) in [5.41, 5.74) is 3.76. The molecule has 4 aromatic carbocycles. The molecule has 43 heavy (non-hydrogen) atoms. The van der Waals surface area contributed by atoms with Gasteiger partial charge in [-0.2, -0.15) is 0 Å². The van der Waals surface area contributed by atoms with Crippen LogP contribution in [0.4, 0.5) is 4.39 Å². The molecule has 1 saturated carbocycles. The molecule has 5 heteroatoms. The molecule has 1 aliphatic carbocycles. The second-order valence-corrected chi connectivity index (χ2v) is 11.1. The maximum atomic E-state index is 15.5. The zero-order chi connectivity index (χ0) is 29.6. The normalized spacial score (nSPS) is 14.2. The van der Waals surface area contributed by atoms with Gasteiger partial charge in [-0.1, -0.05) is 110 Å². The molecule has 0 spiro atoms. The van der Waals surface area contributed by atoms with Gasteiger partial charge in [0.25, 0.3) is 0 Å². The van der Waals surface area contributed by atoms with Crippen LogP contribution in [0.3, 0.4) is 0 Å². The number of halogens is 1. The van der Waals surface area contributed by atoms with E-state index in [-0.39, 0.29) is 11.7 Å². The molecule has 1 aliphatic rings. The lowest BCUT2D eigenvalue weighted by molar-refractivity contribution is -0.119. The van der Waals surface area contributed by atoms with Crippen LogP contribution in [0.5, 0.6) is 5.75 Å². The molecule has 0 bridgehead atoms. The number of rotatable bonds is 9. The highest BCUT2D eigenvalue weighted by Crippen LogP contribution is 2.43. The Morgan fingerprint density at radius 2 is 1.40 bits per heavy atom. The summed E-state index contributed by atoms with van der Waals surface area (Å²) in [7, 11) is 1.57. The van der Waals surface area contributed by atoms with E-state index in [2.05, 4.69) is 41.0 Å². The van der Waals surface area contributed by atoms with Gasteiger partial charge in [-0.05, 0) is 53.8 Å². The van der Waals surface area contributed by atoms with E-state index in [1.165, 1.54) is 18.6 Å². The van der Waals surface area contributed by atoms with Crippen molar-refractivity contribution >= 4 is 11.9 Å². The zero-order valence-electron chi connectivity index (χ0n) is 24.3. The summed E-state index contributed by atoms with van der Waals surface area (Å²) >= 11 is 0. The largest absolute Gasteiger partial charge is 0.496 e. The summed E-state index contributed by atoms with van der Waals surface area (Å²) in [6, 6.07) is 34.0. The number of carbonyl (C=O) groups is 1. The van der Waals surface area contributed by atoms with E-state index < -0.39 is 11.4 Å². The lowest BCUT2D eigenvalue weighted by Crippen LogP contribution is -2.36. The van der Waals surface area contributed by atoms with Gasteiger partial charge in [0.2, 0.25) is 0 Å². The first kappa shape index (κ1) is 28.4. The van der Waals surface area contributed by atoms with Crippen molar-refractivity contribution in [2.75, 3.05) is 7.11 Å².